The number of nitrogens with zero attached hydrogens (tertiary/aromatic N) is 2. The summed E-state index contributed by atoms with van der Waals surface area (Å²) in [5.74, 6) is -0.475. The lowest BCUT2D eigenvalue weighted by Crippen LogP contribution is -2.49. The molecule has 1 aliphatic heterocycles. The van der Waals surface area contributed by atoms with Gasteiger partial charge in [0.05, 0.1) is 25.7 Å². The summed E-state index contributed by atoms with van der Waals surface area (Å²) in [6, 6.07) is 7.68. The smallest absolute Gasteiger partial charge is 0.227 e. The van der Waals surface area contributed by atoms with Crippen LogP contribution >= 0.6 is 0 Å². The van der Waals surface area contributed by atoms with Gasteiger partial charge in [-0.05, 0) is 41.8 Å². The average Bonchev–Trinajstić information content (AvgIpc) is 2.79. The zero-order valence-electron chi connectivity index (χ0n) is 18.5. The molecule has 0 unspecified atom stereocenters. The van der Waals surface area contributed by atoms with Gasteiger partial charge in [-0.1, -0.05) is 6.92 Å². The Hall–Kier alpha value is -3.10. The number of carbonyl (C=O) groups is 2. The van der Waals surface area contributed by atoms with Crippen molar-refractivity contribution in [3.8, 4) is 17.2 Å². The first kappa shape index (κ1) is 23.6. The molecule has 8 heteroatoms. The van der Waals surface area contributed by atoms with Crippen LogP contribution in [-0.4, -0.2) is 83.3 Å². The van der Waals surface area contributed by atoms with E-state index in [1.807, 2.05) is 6.92 Å². The van der Waals surface area contributed by atoms with Gasteiger partial charge in [-0.25, -0.2) is 0 Å². The van der Waals surface area contributed by atoms with Crippen molar-refractivity contribution in [1.29, 1.82) is 0 Å². The van der Waals surface area contributed by atoms with Crippen LogP contribution < -0.4 is 4.74 Å². The molecule has 32 heavy (non-hydrogen) atoms. The summed E-state index contributed by atoms with van der Waals surface area (Å²) >= 11 is 0. The van der Waals surface area contributed by atoms with E-state index in [1.165, 1.54) is 7.11 Å². The van der Waals surface area contributed by atoms with Gasteiger partial charge < -0.3 is 25.0 Å². The number of aliphatic hydroxyl groups is 1. The Balaban J connectivity index is 1.92. The van der Waals surface area contributed by atoms with Crippen LogP contribution in [0.5, 0.6) is 17.2 Å². The molecule has 0 spiro atoms. The summed E-state index contributed by atoms with van der Waals surface area (Å²) in [5.41, 5.74) is 1.22. The maximum atomic E-state index is 13.3. The molecule has 0 atom stereocenters. The number of carbonyl (C=O) groups excluding carboxylic acids is 2. The normalized spacial score (nSPS) is 14.4. The number of hydrogen-bond donors (Lipinski definition) is 3. The minimum absolute atomic E-state index is 0.0390. The highest BCUT2D eigenvalue weighted by atomic mass is 16.5. The minimum Gasteiger partial charge on any atom is -0.508 e. The zero-order valence-corrected chi connectivity index (χ0v) is 18.5. The number of phenolic OH excluding ortho intramolecular Hbond substituents is 2. The molecule has 172 valence electrons. The quantitative estimate of drug-likeness (QED) is 0.533. The van der Waals surface area contributed by atoms with Crippen LogP contribution in [0.4, 0.5) is 0 Å². The third-order valence-electron chi connectivity index (χ3n) is 5.91. The average molecular weight is 443 g/mol. The number of rotatable bonds is 8. The minimum atomic E-state index is -0.421. The molecule has 1 saturated heterocycles. The van der Waals surface area contributed by atoms with Crippen molar-refractivity contribution in [2.24, 2.45) is 0 Å². The topological polar surface area (TPSA) is 111 Å². The molecule has 3 N–H and O–H groups in total. The Kier molecular flexibility index (Phi) is 7.71. The second-order valence-electron chi connectivity index (χ2n) is 7.78. The SMILES string of the molecule is CCc1c(O)cc(O)c(C(=O)c2ccc(OC)cc2)c1CC(=O)N1CCN(CCO)CC1. The van der Waals surface area contributed by atoms with Gasteiger partial charge in [0.1, 0.15) is 17.2 Å². The van der Waals surface area contributed by atoms with E-state index >= 15 is 0 Å². The lowest BCUT2D eigenvalue weighted by Gasteiger charge is -2.34. The van der Waals surface area contributed by atoms with Gasteiger partial charge in [0.25, 0.3) is 0 Å². The Bertz CT molecular complexity index is 965. The van der Waals surface area contributed by atoms with Crippen LogP contribution in [0, 0.1) is 0 Å². The van der Waals surface area contributed by atoms with Gasteiger partial charge in [-0.3, -0.25) is 14.5 Å². The van der Waals surface area contributed by atoms with Crippen LogP contribution in [0.1, 0.15) is 34.0 Å². The lowest BCUT2D eigenvalue weighted by atomic mass is 9.89. The number of benzene rings is 2. The highest BCUT2D eigenvalue weighted by molar-refractivity contribution is 6.12. The second kappa shape index (κ2) is 10.5. The fourth-order valence-corrected chi connectivity index (χ4v) is 4.10. The maximum Gasteiger partial charge on any atom is 0.227 e. The Morgan fingerprint density at radius 1 is 1.00 bits per heavy atom. The van der Waals surface area contributed by atoms with E-state index in [4.69, 9.17) is 9.84 Å². The fourth-order valence-electron chi connectivity index (χ4n) is 4.10. The molecule has 0 radical (unpaired) electrons. The van der Waals surface area contributed by atoms with Crippen molar-refractivity contribution in [1.82, 2.24) is 9.80 Å². The first-order valence-electron chi connectivity index (χ1n) is 10.8. The predicted octanol–water partition coefficient (Wildman–Crippen LogP) is 1.58. The molecule has 0 aromatic heterocycles. The van der Waals surface area contributed by atoms with Crippen LogP contribution in [0.15, 0.2) is 30.3 Å². The number of amides is 1. The molecule has 2 aromatic rings. The number of aromatic hydroxyl groups is 2. The van der Waals surface area contributed by atoms with E-state index < -0.39 is 5.78 Å². The van der Waals surface area contributed by atoms with E-state index in [0.717, 1.165) is 6.07 Å². The molecular formula is C24H30N2O6. The van der Waals surface area contributed by atoms with Crippen molar-refractivity contribution >= 4 is 11.7 Å². The van der Waals surface area contributed by atoms with Gasteiger partial charge in [-0.15, -0.1) is 0 Å². The van der Waals surface area contributed by atoms with Gasteiger partial charge in [0.2, 0.25) is 5.91 Å². The molecule has 2 aromatic carbocycles. The zero-order chi connectivity index (χ0) is 23.3. The number of phenols is 2. The summed E-state index contributed by atoms with van der Waals surface area (Å²) < 4.78 is 5.14. The van der Waals surface area contributed by atoms with Crippen LogP contribution in [0.2, 0.25) is 0 Å². The predicted molar refractivity (Wildman–Crippen MR) is 119 cm³/mol. The van der Waals surface area contributed by atoms with Crippen molar-refractivity contribution in [3.05, 3.63) is 52.6 Å². The molecule has 1 aliphatic rings. The molecule has 3 rings (SSSR count). The van der Waals surface area contributed by atoms with Gasteiger partial charge in [0.15, 0.2) is 5.78 Å². The monoisotopic (exact) mass is 442 g/mol. The Morgan fingerprint density at radius 3 is 2.22 bits per heavy atom. The van der Waals surface area contributed by atoms with Crippen molar-refractivity contribution in [2.75, 3.05) is 46.4 Å². The third kappa shape index (κ3) is 5.03. The number of β-amino-alcohol motifs (C(OH)–C–C–N with tert-alkyl or cyclic N) is 1. The Morgan fingerprint density at radius 2 is 1.66 bits per heavy atom. The molecule has 0 bridgehead atoms. The van der Waals surface area contributed by atoms with Gasteiger partial charge in [-0.2, -0.15) is 0 Å². The summed E-state index contributed by atoms with van der Waals surface area (Å²) in [6.45, 7) is 4.84. The number of ketones is 1. The van der Waals surface area contributed by atoms with E-state index in [-0.39, 0.29) is 36.0 Å². The molecule has 1 fully saturated rings. The van der Waals surface area contributed by atoms with E-state index in [9.17, 15) is 19.8 Å². The van der Waals surface area contributed by atoms with Crippen LogP contribution in [0.25, 0.3) is 0 Å². The number of hydrogen-bond acceptors (Lipinski definition) is 7. The second-order valence-corrected chi connectivity index (χ2v) is 7.78. The van der Waals surface area contributed by atoms with Crippen LogP contribution in [-0.2, 0) is 17.6 Å². The third-order valence-corrected chi connectivity index (χ3v) is 5.91. The fraction of sp³-hybridized carbons (Fsp3) is 0.417. The summed E-state index contributed by atoms with van der Waals surface area (Å²) in [5, 5.41) is 30.1. The first-order valence-corrected chi connectivity index (χ1v) is 10.8. The van der Waals surface area contributed by atoms with Crippen molar-refractivity contribution in [3.63, 3.8) is 0 Å². The molecule has 0 saturated carbocycles. The highest BCUT2D eigenvalue weighted by Gasteiger charge is 2.27. The summed E-state index contributed by atoms with van der Waals surface area (Å²) in [4.78, 5) is 30.2. The number of ether oxygens (including phenoxy) is 1. The van der Waals surface area contributed by atoms with E-state index in [0.29, 0.717) is 61.6 Å². The standard InChI is InChI=1S/C24H30N2O6/c1-3-18-19(14-22(30)26-10-8-25(9-11-26)12-13-27)23(21(29)15-20(18)28)24(31)16-4-6-17(32-2)7-5-16/h4-7,15,27-29H,3,8-14H2,1-2H3. The maximum absolute atomic E-state index is 13.3. The van der Waals surface area contributed by atoms with Gasteiger partial charge >= 0.3 is 0 Å². The molecule has 8 nitrogen and oxygen atoms in total. The van der Waals surface area contributed by atoms with Crippen molar-refractivity contribution in [2.45, 2.75) is 19.8 Å². The number of aliphatic hydroxyl groups excluding tert-OH is 1. The molecule has 0 aliphatic carbocycles. The van der Waals surface area contributed by atoms with Crippen molar-refractivity contribution < 1.29 is 29.6 Å². The summed E-state index contributed by atoms with van der Waals surface area (Å²) in [7, 11) is 1.53. The lowest BCUT2D eigenvalue weighted by molar-refractivity contribution is -0.132. The van der Waals surface area contributed by atoms with Gasteiger partial charge in [0, 0.05) is 44.4 Å². The van der Waals surface area contributed by atoms with E-state index in [2.05, 4.69) is 4.90 Å². The first-order chi connectivity index (χ1) is 15.4. The van der Waals surface area contributed by atoms with E-state index in [1.54, 1.807) is 29.2 Å². The highest BCUT2D eigenvalue weighted by Crippen LogP contribution is 2.35. The summed E-state index contributed by atoms with van der Waals surface area (Å²) in [6.07, 6.45) is 0.310. The number of piperazine rings is 1. The number of methoxy groups -OCH3 is 1. The molecular weight excluding hydrogens is 412 g/mol. The molecule has 1 amide bonds. The Labute approximate surface area is 187 Å². The van der Waals surface area contributed by atoms with Crippen LogP contribution in [0.3, 0.4) is 0 Å². The largest absolute Gasteiger partial charge is 0.508 e. The molecule has 1 heterocycles.